The molecular weight excluding hydrogens is 450 g/mol. The van der Waals surface area contributed by atoms with E-state index in [0.717, 1.165) is 23.4 Å². The number of allylic oxidation sites excluding steroid dienone is 1. The average Bonchev–Trinajstić information content (AvgIpc) is 3.31. The van der Waals surface area contributed by atoms with Gasteiger partial charge in [-0.05, 0) is 54.0 Å². The SMILES string of the molecule is C=CC[C@]12C[C@@]3(O[C@H](C(C)(C)C)N=C3C[C@H](c3ccc(OC)cc3)[C@H]1C)N(Cc1cccnc1)C2=O. The molecule has 6 nitrogen and oxygen atoms in total. The van der Waals surface area contributed by atoms with E-state index in [0.29, 0.717) is 19.4 Å². The maximum absolute atomic E-state index is 14.5. The van der Waals surface area contributed by atoms with Crippen LogP contribution in [0.1, 0.15) is 64.0 Å². The van der Waals surface area contributed by atoms with E-state index in [1.54, 1.807) is 13.3 Å². The molecule has 2 aliphatic heterocycles. The van der Waals surface area contributed by atoms with Crippen LogP contribution in [-0.4, -0.2) is 40.6 Å². The highest BCUT2D eigenvalue weighted by Gasteiger charge is 2.69. The number of benzene rings is 1. The predicted octanol–water partition coefficient (Wildman–Crippen LogP) is 5.75. The Kier molecular flexibility index (Phi) is 6.06. The molecule has 2 bridgehead atoms. The van der Waals surface area contributed by atoms with Crippen molar-refractivity contribution in [3.63, 3.8) is 0 Å². The molecule has 5 rings (SSSR count). The Bertz CT molecular complexity index is 1170. The number of rotatable bonds is 6. The van der Waals surface area contributed by atoms with Crippen LogP contribution in [0.25, 0.3) is 0 Å². The van der Waals surface area contributed by atoms with Crippen molar-refractivity contribution in [2.24, 2.45) is 21.7 Å². The van der Waals surface area contributed by atoms with E-state index in [-0.39, 0.29) is 29.4 Å². The van der Waals surface area contributed by atoms with E-state index >= 15 is 0 Å². The number of nitrogens with zero attached hydrogens (tertiary/aromatic N) is 3. The topological polar surface area (TPSA) is 64.0 Å². The van der Waals surface area contributed by atoms with Crippen LogP contribution >= 0.6 is 0 Å². The van der Waals surface area contributed by atoms with Gasteiger partial charge in [-0.2, -0.15) is 0 Å². The Morgan fingerprint density at radius 1 is 1.25 bits per heavy atom. The lowest BCUT2D eigenvalue weighted by atomic mass is 9.66. The smallest absolute Gasteiger partial charge is 0.232 e. The van der Waals surface area contributed by atoms with Crippen molar-refractivity contribution >= 4 is 11.6 Å². The first kappa shape index (κ1) is 24.7. The molecule has 1 aromatic heterocycles. The summed E-state index contributed by atoms with van der Waals surface area (Å²) in [6.07, 6.45) is 7.10. The van der Waals surface area contributed by atoms with Crippen molar-refractivity contribution in [3.05, 3.63) is 72.6 Å². The van der Waals surface area contributed by atoms with Gasteiger partial charge in [0.05, 0.1) is 24.8 Å². The first-order valence-corrected chi connectivity index (χ1v) is 12.9. The van der Waals surface area contributed by atoms with Crippen LogP contribution in [0.15, 0.2) is 66.4 Å². The zero-order valence-corrected chi connectivity index (χ0v) is 22.0. The second kappa shape index (κ2) is 8.84. The van der Waals surface area contributed by atoms with E-state index in [1.807, 2.05) is 41.4 Å². The van der Waals surface area contributed by atoms with Gasteiger partial charge < -0.3 is 14.4 Å². The van der Waals surface area contributed by atoms with Gasteiger partial charge in [0.1, 0.15) is 5.75 Å². The van der Waals surface area contributed by atoms with Crippen molar-refractivity contribution in [3.8, 4) is 5.75 Å². The molecule has 0 unspecified atom stereocenters. The third kappa shape index (κ3) is 3.78. The summed E-state index contributed by atoms with van der Waals surface area (Å²) in [5, 5.41) is 0. The molecule has 5 atom stereocenters. The molecule has 2 aromatic rings. The van der Waals surface area contributed by atoms with E-state index in [4.69, 9.17) is 14.5 Å². The molecule has 1 amide bonds. The van der Waals surface area contributed by atoms with Crippen LogP contribution in [-0.2, 0) is 16.1 Å². The van der Waals surface area contributed by atoms with Crippen molar-refractivity contribution in [1.29, 1.82) is 0 Å². The van der Waals surface area contributed by atoms with E-state index in [9.17, 15) is 4.79 Å². The second-order valence-corrected chi connectivity index (χ2v) is 11.6. The first-order chi connectivity index (χ1) is 17.1. The average molecular weight is 488 g/mol. The van der Waals surface area contributed by atoms with Gasteiger partial charge in [0.15, 0.2) is 12.0 Å². The number of amides is 1. The van der Waals surface area contributed by atoms with Crippen molar-refractivity contribution < 1.29 is 14.3 Å². The summed E-state index contributed by atoms with van der Waals surface area (Å²) in [5.74, 6) is 1.14. The third-order valence-electron chi connectivity index (χ3n) is 8.44. The maximum Gasteiger partial charge on any atom is 0.232 e. The minimum atomic E-state index is -0.858. The lowest BCUT2D eigenvalue weighted by molar-refractivity contribution is -0.159. The highest BCUT2D eigenvalue weighted by atomic mass is 16.6. The summed E-state index contributed by atoms with van der Waals surface area (Å²) in [6.45, 7) is 13.2. The van der Waals surface area contributed by atoms with E-state index in [1.165, 1.54) is 5.56 Å². The summed E-state index contributed by atoms with van der Waals surface area (Å²) in [7, 11) is 1.68. The molecule has 1 aromatic carbocycles. The molecule has 6 heteroatoms. The van der Waals surface area contributed by atoms with Crippen molar-refractivity contribution in [1.82, 2.24) is 9.88 Å². The summed E-state index contributed by atoms with van der Waals surface area (Å²) >= 11 is 0. The normalized spacial score (nSPS) is 31.6. The standard InChI is InChI=1S/C30H37N3O3/c1-7-14-29-19-30(33(27(29)34)18-21-9-8-15-31-17-21)25(32-26(36-30)28(3,4)5)16-24(20(29)2)22-10-12-23(35-6)13-11-22/h7-13,15,17,20,24,26H,1,14,16,18-19H2,2-6H3/t20-,24+,26-,29+,30+/m1/s1. The van der Waals surface area contributed by atoms with Crippen LogP contribution in [0.3, 0.4) is 0 Å². The summed E-state index contributed by atoms with van der Waals surface area (Å²) < 4.78 is 12.3. The number of likely N-dealkylation sites (tertiary alicyclic amines) is 1. The third-order valence-corrected chi connectivity index (χ3v) is 8.44. The molecular formula is C30H37N3O3. The molecule has 0 N–H and O–H groups in total. The van der Waals surface area contributed by atoms with Gasteiger partial charge in [0, 0.05) is 24.2 Å². The molecule has 1 spiro atoms. The zero-order chi connectivity index (χ0) is 25.7. The summed E-state index contributed by atoms with van der Waals surface area (Å²) in [5.41, 5.74) is 1.49. The number of hydrogen-bond donors (Lipinski definition) is 0. The van der Waals surface area contributed by atoms with Gasteiger partial charge in [-0.25, -0.2) is 0 Å². The van der Waals surface area contributed by atoms with Gasteiger partial charge >= 0.3 is 0 Å². The predicted molar refractivity (Wildman–Crippen MR) is 141 cm³/mol. The fourth-order valence-electron chi connectivity index (χ4n) is 6.36. The largest absolute Gasteiger partial charge is 0.497 e. The van der Waals surface area contributed by atoms with Crippen LogP contribution in [0.4, 0.5) is 0 Å². The van der Waals surface area contributed by atoms with Gasteiger partial charge in [0.2, 0.25) is 5.91 Å². The maximum atomic E-state index is 14.5. The molecule has 1 saturated heterocycles. The van der Waals surface area contributed by atoms with E-state index in [2.05, 4.69) is 51.4 Å². The van der Waals surface area contributed by atoms with Gasteiger partial charge in [0.25, 0.3) is 0 Å². The van der Waals surface area contributed by atoms with E-state index < -0.39 is 11.1 Å². The number of pyridine rings is 1. The lowest BCUT2D eigenvalue weighted by Gasteiger charge is -2.40. The molecule has 2 fully saturated rings. The Balaban J connectivity index is 1.65. The molecule has 36 heavy (non-hydrogen) atoms. The number of fused-ring (bicyclic) bond motifs is 1. The molecule has 1 aliphatic carbocycles. The highest BCUT2D eigenvalue weighted by Crippen LogP contribution is 2.61. The number of hydrogen-bond acceptors (Lipinski definition) is 5. The van der Waals surface area contributed by atoms with Crippen molar-refractivity contribution in [2.45, 2.75) is 71.4 Å². The molecule has 1 saturated carbocycles. The quantitative estimate of drug-likeness (QED) is 0.487. The monoisotopic (exact) mass is 487 g/mol. The minimum absolute atomic E-state index is 0.0668. The number of aliphatic imine (C=N–C) groups is 1. The zero-order valence-electron chi connectivity index (χ0n) is 22.0. The lowest BCUT2D eigenvalue weighted by Crippen LogP contribution is -2.53. The van der Waals surface area contributed by atoms with Crippen LogP contribution in [0, 0.1) is 16.7 Å². The number of ether oxygens (including phenoxy) is 2. The minimum Gasteiger partial charge on any atom is -0.497 e. The van der Waals surface area contributed by atoms with Gasteiger partial charge in [-0.15, -0.1) is 6.58 Å². The fourth-order valence-corrected chi connectivity index (χ4v) is 6.36. The Labute approximate surface area is 214 Å². The Morgan fingerprint density at radius 3 is 2.61 bits per heavy atom. The number of aromatic nitrogens is 1. The summed E-state index contributed by atoms with van der Waals surface area (Å²) in [4.78, 5) is 26.0. The molecule has 0 radical (unpaired) electrons. The Hall–Kier alpha value is -2.99. The van der Waals surface area contributed by atoms with Crippen LogP contribution < -0.4 is 4.74 Å². The fraction of sp³-hybridized carbons (Fsp3) is 0.500. The first-order valence-electron chi connectivity index (χ1n) is 12.9. The van der Waals surface area contributed by atoms with Crippen LogP contribution in [0.2, 0.25) is 0 Å². The number of methoxy groups -OCH3 is 1. The van der Waals surface area contributed by atoms with Crippen LogP contribution in [0.5, 0.6) is 5.75 Å². The second-order valence-electron chi connectivity index (χ2n) is 11.6. The molecule has 3 aliphatic rings. The highest BCUT2D eigenvalue weighted by molar-refractivity contribution is 6.03. The summed E-state index contributed by atoms with van der Waals surface area (Å²) in [6, 6.07) is 12.2. The van der Waals surface area contributed by atoms with Gasteiger partial charge in [-0.1, -0.05) is 52.0 Å². The molecule has 190 valence electrons. The van der Waals surface area contributed by atoms with Gasteiger partial charge in [-0.3, -0.25) is 14.8 Å². The molecule has 3 heterocycles. The van der Waals surface area contributed by atoms with Crippen molar-refractivity contribution in [2.75, 3.05) is 7.11 Å². The number of carbonyl (C=O) groups is 1. The number of carbonyl (C=O) groups excluding carboxylic acids is 1. The Morgan fingerprint density at radius 2 is 2.00 bits per heavy atom.